The van der Waals surface area contributed by atoms with Crippen LogP contribution in [0, 0.1) is 0 Å². The molecule has 1 atom stereocenters. The average Bonchev–Trinajstić information content (AvgIpc) is 3.20. The largest absolute Gasteiger partial charge is 0.468 e. The van der Waals surface area contributed by atoms with Crippen molar-refractivity contribution in [2.45, 2.75) is 57.5 Å². The zero-order valence-corrected chi connectivity index (χ0v) is 18.4. The number of piperidine rings is 1. The van der Waals surface area contributed by atoms with Gasteiger partial charge in [0.1, 0.15) is 11.6 Å². The van der Waals surface area contributed by atoms with Crippen LogP contribution in [0.5, 0.6) is 0 Å². The van der Waals surface area contributed by atoms with Crippen molar-refractivity contribution in [1.29, 1.82) is 0 Å². The molecule has 2 amide bonds. The lowest BCUT2D eigenvalue weighted by atomic mass is 10.1. The van der Waals surface area contributed by atoms with E-state index in [0.717, 1.165) is 43.3 Å². The van der Waals surface area contributed by atoms with E-state index in [1.54, 1.807) is 6.26 Å². The van der Waals surface area contributed by atoms with Crippen LogP contribution in [0.1, 0.15) is 62.3 Å². The van der Waals surface area contributed by atoms with E-state index < -0.39 is 0 Å². The first kappa shape index (κ1) is 21.7. The van der Waals surface area contributed by atoms with Gasteiger partial charge in [0.05, 0.1) is 12.3 Å². The summed E-state index contributed by atoms with van der Waals surface area (Å²) in [4.78, 5) is 21.8. The van der Waals surface area contributed by atoms with E-state index in [2.05, 4.69) is 37.6 Å². The minimum atomic E-state index is -0.162. The van der Waals surface area contributed by atoms with Crippen LogP contribution in [0.25, 0.3) is 0 Å². The summed E-state index contributed by atoms with van der Waals surface area (Å²) in [5.41, 5.74) is 1.01. The Kier molecular flexibility index (Phi) is 7.82. The van der Waals surface area contributed by atoms with Crippen LogP contribution in [0.4, 0.5) is 10.6 Å². The SMILES string of the molecule is O=C(NCc1ccc(N2CCCCCC2)nc1)NCC(c1ccco1)N1CCCCC1. The number of hydrogen-bond donors (Lipinski definition) is 2. The Labute approximate surface area is 185 Å². The van der Waals surface area contributed by atoms with Crippen molar-refractivity contribution >= 4 is 11.8 Å². The molecule has 4 heterocycles. The Bertz CT molecular complexity index is 779. The van der Waals surface area contributed by atoms with Gasteiger partial charge in [0, 0.05) is 32.4 Å². The third-order valence-electron chi connectivity index (χ3n) is 6.35. The van der Waals surface area contributed by atoms with Crippen molar-refractivity contribution in [2.24, 2.45) is 0 Å². The number of hydrogen-bond acceptors (Lipinski definition) is 5. The second-order valence-electron chi connectivity index (χ2n) is 8.62. The molecule has 7 nitrogen and oxygen atoms in total. The maximum Gasteiger partial charge on any atom is 0.315 e. The molecule has 0 aliphatic carbocycles. The number of rotatable bonds is 7. The Morgan fingerprint density at radius 3 is 2.39 bits per heavy atom. The van der Waals surface area contributed by atoms with Gasteiger partial charge in [-0.2, -0.15) is 0 Å². The van der Waals surface area contributed by atoms with Crippen molar-refractivity contribution in [3.8, 4) is 0 Å². The number of urea groups is 1. The van der Waals surface area contributed by atoms with Gasteiger partial charge < -0.3 is 20.0 Å². The zero-order valence-electron chi connectivity index (χ0n) is 18.4. The highest BCUT2D eigenvalue weighted by Crippen LogP contribution is 2.24. The fraction of sp³-hybridized carbons (Fsp3) is 0.583. The Morgan fingerprint density at radius 2 is 1.71 bits per heavy atom. The predicted molar refractivity (Wildman–Crippen MR) is 122 cm³/mol. The van der Waals surface area contributed by atoms with Crippen LogP contribution >= 0.6 is 0 Å². The molecule has 0 radical (unpaired) electrons. The highest BCUT2D eigenvalue weighted by atomic mass is 16.3. The summed E-state index contributed by atoms with van der Waals surface area (Å²) in [6.07, 6.45) is 12.4. The summed E-state index contributed by atoms with van der Waals surface area (Å²) in [7, 11) is 0. The maximum atomic E-state index is 12.4. The van der Waals surface area contributed by atoms with Gasteiger partial charge in [-0.1, -0.05) is 25.3 Å². The van der Waals surface area contributed by atoms with Gasteiger partial charge in [-0.25, -0.2) is 9.78 Å². The van der Waals surface area contributed by atoms with Gasteiger partial charge in [-0.05, 0) is 62.5 Å². The van der Waals surface area contributed by atoms with Crippen LogP contribution in [0.15, 0.2) is 41.1 Å². The van der Waals surface area contributed by atoms with Gasteiger partial charge in [-0.15, -0.1) is 0 Å². The molecule has 31 heavy (non-hydrogen) atoms. The van der Waals surface area contributed by atoms with Crippen molar-refractivity contribution in [1.82, 2.24) is 20.5 Å². The van der Waals surface area contributed by atoms with E-state index in [-0.39, 0.29) is 12.1 Å². The highest BCUT2D eigenvalue weighted by Gasteiger charge is 2.24. The molecule has 1 unspecified atom stereocenters. The molecule has 2 saturated heterocycles. The molecule has 2 aliphatic heterocycles. The number of aromatic nitrogens is 1. The predicted octanol–water partition coefficient (Wildman–Crippen LogP) is 4.08. The van der Waals surface area contributed by atoms with Crippen LogP contribution in [-0.4, -0.2) is 48.6 Å². The van der Waals surface area contributed by atoms with Crippen molar-refractivity contribution in [3.63, 3.8) is 0 Å². The summed E-state index contributed by atoms with van der Waals surface area (Å²) in [6.45, 7) is 5.26. The molecule has 0 saturated carbocycles. The quantitative estimate of drug-likeness (QED) is 0.699. The topological polar surface area (TPSA) is 73.6 Å². The summed E-state index contributed by atoms with van der Waals surface area (Å²) in [6, 6.07) is 7.96. The molecule has 0 aromatic carbocycles. The summed E-state index contributed by atoms with van der Waals surface area (Å²) in [5, 5.41) is 5.99. The number of carbonyl (C=O) groups is 1. The number of likely N-dealkylation sites (tertiary alicyclic amines) is 1. The molecular formula is C24H35N5O2. The van der Waals surface area contributed by atoms with E-state index in [1.807, 2.05) is 18.3 Å². The second kappa shape index (κ2) is 11.2. The molecule has 168 valence electrons. The normalized spacial score (nSPS) is 18.9. The Balaban J connectivity index is 1.25. The molecule has 2 aliphatic rings. The number of nitrogens with one attached hydrogen (secondary N) is 2. The van der Waals surface area contributed by atoms with Crippen molar-refractivity contribution in [2.75, 3.05) is 37.6 Å². The molecule has 2 fully saturated rings. The molecule has 2 N–H and O–H groups in total. The molecule has 2 aromatic rings. The Hall–Kier alpha value is -2.54. The van der Waals surface area contributed by atoms with E-state index in [1.165, 1.54) is 44.9 Å². The highest BCUT2D eigenvalue weighted by molar-refractivity contribution is 5.73. The smallest absolute Gasteiger partial charge is 0.315 e. The number of amides is 2. The van der Waals surface area contributed by atoms with Gasteiger partial charge in [0.25, 0.3) is 0 Å². The number of furan rings is 1. The van der Waals surface area contributed by atoms with E-state index in [4.69, 9.17) is 4.42 Å². The molecule has 4 rings (SSSR count). The van der Waals surface area contributed by atoms with Gasteiger partial charge >= 0.3 is 6.03 Å². The summed E-state index contributed by atoms with van der Waals surface area (Å²) >= 11 is 0. The van der Waals surface area contributed by atoms with Crippen molar-refractivity contribution in [3.05, 3.63) is 48.0 Å². The lowest BCUT2D eigenvalue weighted by Crippen LogP contribution is -2.43. The molecule has 0 spiro atoms. The van der Waals surface area contributed by atoms with Crippen LogP contribution < -0.4 is 15.5 Å². The lowest BCUT2D eigenvalue weighted by Gasteiger charge is -2.33. The van der Waals surface area contributed by atoms with Gasteiger partial charge in [-0.3, -0.25) is 4.90 Å². The number of anilines is 1. The second-order valence-corrected chi connectivity index (χ2v) is 8.62. The number of carbonyl (C=O) groups excluding carboxylic acids is 1. The first-order valence-electron chi connectivity index (χ1n) is 11.8. The minimum Gasteiger partial charge on any atom is -0.468 e. The van der Waals surface area contributed by atoms with E-state index in [0.29, 0.717) is 13.1 Å². The first-order chi connectivity index (χ1) is 15.3. The van der Waals surface area contributed by atoms with Gasteiger partial charge in [0.2, 0.25) is 0 Å². The van der Waals surface area contributed by atoms with Gasteiger partial charge in [0.15, 0.2) is 0 Å². The molecular weight excluding hydrogens is 390 g/mol. The summed E-state index contributed by atoms with van der Waals surface area (Å²) < 4.78 is 5.65. The third-order valence-corrected chi connectivity index (χ3v) is 6.35. The molecule has 7 heteroatoms. The number of nitrogens with zero attached hydrogens (tertiary/aromatic N) is 3. The van der Waals surface area contributed by atoms with E-state index in [9.17, 15) is 4.79 Å². The Morgan fingerprint density at radius 1 is 0.968 bits per heavy atom. The minimum absolute atomic E-state index is 0.0793. The lowest BCUT2D eigenvalue weighted by molar-refractivity contribution is 0.143. The third kappa shape index (κ3) is 6.23. The van der Waals surface area contributed by atoms with Crippen LogP contribution in [0.2, 0.25) is 0 Å². The molecule has 0 bridgehead atoms. The van der Waals surface area contributed by atoms with E-state index >= 15 is 0 Å². The first-order valence-corrected chi connectivity index (χ1v) is 11.8. The van der Waals surface area contributed by atoms with Crippen LogP contribution in [-0.2, 0) is 6.54 Å². The van der Waals surface area contributed by atoms with Crippen LogP contribution in [0.3, 0.4) is 0 Å². The fourth-order valence-electron chi connectivity index (χ4n) is 4.56. The standard InChI is InChI=1S/C24H35N5O2/c30-24(27-19-21(22-9-8-16-31-22)28-12-6-3-7-13-28)26-18-20-10-11-23(25-17-20)29-14-4-1-2-5-15-29/h8-11,16-17,21H,1-7,12-15,18-19H2,(H2,26,27,30). The summed E-state index contributed by atoms with van der Waals surface area (Å²) in [5.74, 6) is 1.95. The molecule has 2 aromatic heterocycles. The van der Waals surface area contributed by atoms with Crippen molar-refractivity contribution < 1.29 is 9.21 Å². The number of pyridine rings is 1. The zero-order chi connectivity index (χ0) is 21.3. The average molecular weight is 426 g/mol. The fourth-order valence-corrected chi connectivity index (χ4v) is 4.56. The monoisotopic (exact) mass is 425 g/mol. The maximum absolute atomic E-state index is 12.4.